The lowest BCUT2D eigenvalue weighted by molar-refractivity contribution is 0.0718. The summed E-state index contributed by atoms with van der Waals surface area (Å²) in [5.41, 5.74) is 4.06. The molecular weight excluding hydrogens is 897 g/mol. The van der Waals surface area contributed by atoms with E-state index in [9.17, 15) is 13.2 Å². The van der Waals surface area contributed by atoms with Crippen molar-refractivity contribution >= 4 is 43.7 Å². The summed E-state index contributed by atoms with van der Waals surface area (Å²) in [6.45, 7) is 5.11. The minimum absolute atomic E-state index is 0.0478. The quantitative estimate of drug-likeness (QED) is 0.0232. The number of hydrogen-bond donors (Lipinski definition) is 0. The van der Waals surface area contributed by atoms with Gasteiger partial charge in [0, 0.05) is 6.42 Å². The summed E-state index contributed by atoms with van der Waals surface area (Å²) in [5.74, 6) is 1.02. The first-order valence-electron chi connectivity index (χ1n) is 25.6. The van der Waals surface area contributed by atoms with Crippen molar-refractivity contribution in [3.05, 3.63) is 138 Å². The fourth-order valence-corrected chi connectivity index (χ4v) is 10.3. The first-order valence-corrected chi connectivity index (χ1v) is 27.7. The minimum atomic E-state index is -3.63. The lowest BCUT2D eigenvalue weighted by Gasteiger charge is -2.13. The summed E-state index contributed by atoms with van der Waals surface area (Å²) in [5, 5.41) is 2.02. The molecule has 8 nitrogen and oxygen atoms in total. The second-order valence-electron chi connectivity index (χ2n) is 18.3. The summed E-state index contributed by atoms with van der Waals surface area (Å²) in [6, 6.07) is 33.3. The zero-order valence-corrected chi connectivity index (χ0v) is 42.6. The highest BCUT2D eigenvalue weighted by Crippen LogP contribution is 2.31. The molecule has 10 heteroatoms. The number of fused-ring (bicyclic) bond motifs is 1. The van der Waals surface area contributed by atoms with Crippen molar-refractivity contribution in [2.45, 2.75) is 159 Å². The van der Waals surface area contributed by atoms with Crippen molar-refractivity contribution in [1.82, 2.24) is 9.97 Å². The van der Waals surface area contributed by atoms with Crippen LogP contribution in [0.5, 0.6) is 23.3 Å². The van der Waals surface area contributed by atoms with Gasteiger partial charge in [0.1, 0.15) is 11.5 Å². The Morgan fingerprint density at radius 1 is 0.536 bits per heavy atom. The molecule has 0 atom stereocenters. The van der Waals surface area contributed by atoms with E-state index in [1.165, 1.54) is 115 Å². The third-order valence-electron chi connectivity index (χ3n) is 12.7. The molecular formula is C59H72N2O6S2. The van der Waals surface area contributed by atoms with Gasteiger partial charge in [0.2, 0.25) is 0 Å². The smallest absolute Gasteiger partial charge is 0.345 e. The molecule has 69 heavy (non-hydrogen) atoms. The van der Waals surface area contributed by atoms with E-state index < -0.39 is 15.8 Å². The van der Waals surface area contributed by atoms with E-state index in [0.29, 0.717) is 29.4 Å². The van der Waals surface area contributed by atoms with Gasteiger partial charge in [0.05, 0.1) is 35.2 Å². The molecule has 0 aliphatic heterocycles. The molecule has 0 radical (unpaired) electrons. The normalized spacial score (nSPS) is 11.4. The summed E-state index contributed by atoms with van der Waals surface area (Å²) in [6.07, 6.45) is 29.0. The Morgan fingerprint density at radius 3 is 1.58 bits per heavy atom. The summed E-state index contributed by atoms with van der Waals surface area (Å²) in [4.78, 5) is 22.5. The molecule has 366 valence electrons. The number of esters is 1. The molecule has 0 amide bonds. The van der Waals surface area contributed by atoms with E-state index in [1.807, 2.05) is 60.7 Å². The van der Waals surface area contributed by atoms with Crippen LogP contribution in [0.15, 0.2) is 126 Å². The fourth-order valence-electron chi connectivity index (χ4n) is 8.64. The number of unbranched alkanes of at least 4 members (excludes halogenated alkanes) is 17. The van der Waals surface area contributed by atoms with E-state index in [2.05, 4.69) is 35.9 Å². The van der Waals surface area contributed by atoms with Gasteiger partial charge in [0.25, 0.3) is 0 Å². The lowest BCUT2D eigenvalue weighted by Crippen LogP contribution is -2.10. The Balaban J connectivity index is 0.930. The molecule has 0 saturated carbocycles. The van der Waals surface area contributed by atoms with Gasteiger partial charge in [-0.1, -0.05) is 196 Å². The standard InChI is InChI=1S/C59H72N2O6S2/c1-3-5-7-9-11-13-15-17-19-23-41-65-53-43-60-59(61-44-53)67-58(62)48-31-37-52(38-32-48)66-51-35-29-46(30-36-51)47-33-39-55(40-34-47)69(63,64)45-50-28-27-49(56-25-21-22-26-57(50)56)42-54(68)24-20-18-16-14-12-10-8-6-4-2/h21-22,25-40,43-44H,3-20,23-24,41-42,45H2,1-2H3. The zero-order chi connectivity index (χ0) is 48.5. The number of aromatic nitrogens is 2. The number of sulfone groups is 1. The van der Waals surface area contributed by atoms with Gasteiger partial charge in [-0.3, -0.25) is 0 Å². The van der Waals surface area contributed by atoms with E-state index in [1.54, 1.807) is 36.4 Å². The van der Waals surface area contributed by atoms with Gasteiger partial charge in [-0.25, -0.2) is 13.2 Å². The minimum Gasteiger partial charge on any atom is -0.490 e. The van der Waals surface area contributed by atoms with Crippen molar-refractivity contribution in [3.63, 3.8) is 0 Å². The molecule has 0 aliphatic carbocycles. The van der Waals surface area contributed by atoms with Crippen LogP contribution >= 0.6 is 12.2 Å². The Kier molecular flexibility index (Phi) is 22.2. The third-order valence-corrected chi connectivity index (χ3v) is 14.7. The molecule has 0 bridgehead atoms. The van der Waals surface area contributed by atoms with Crippen molar-refractivity contribution in [1.29, 1.82) is 0 Å². The third kappa shape index (κ3) is 17.8. The summed E-state index contributed by atoms with van der Waals surface area (Å²) in [7, 11) is -3.63. The van der Waals surface area contributed by atoms with E-state index in [0.717, 1.165) is 70.0 Å². The number of ether oxygens (including phenoxy) is 3. The van der Waals surface area contributed by atoms with Gasteiger partial charge in [-0.2, -0.15) is 9.97 Å². The van der Waals surface area contributed by atoms with Crippen LogP contribution in [0, 0.1) is 0 Å². The highest BCUT2D eigenvalue weighted by atomic mass is 32.2. The summed E-state index contributed by atoms with van der Waals surface area (Å²) < 4.78 is 44.8. The molecule has 6 aromatic rings. The molecule has 1 aromatic heterocycles. The molecule has 0 N–H and O–H groups in total. The second-order valence-corrected chi connectivity index (χ2v) is 20.8. The van der Waals surface area contributed by atoms with Crippen LogP contribution in [0.4, 0.5) is 0 Å². The van der Waals surface area contributed by atoms with E-state index in [-0.39, 0.29) is 16.7 Å². The van der Waals surface area contributed by atoms with Crippen LogP contribution in [-0.4, -0.2) is 35.8 Å². The molecule has 5 aromatic carbocycles. The molecule has 0 saturated heterocycles. The highest BCUT2D eigenvalue weighted by molar-refractivity contribution is 7.90. The number of carbonyl (C=O) groups is 1. The van der Waals surface area contributed by atoms with Gasteiger partial charge < -0.3 is 14.2 Å². The van der Waals surface area contributed by atoms with Gasteiger partial charge >= 0.3 is 12.0 Å². The number of benzene rings is 5. The van der Waals surface area contributed by atoms with Gasteiger partial charge in [-0.05, 0) is 106 Å². The maximum Gasteiger partial charge on any atom is 0.345 e. The number of nitrogens with zero attached hydrogens (tertiary/aromatic N) is 2. The first-order chi connectivity index (χ1) is 33.7. The van der Waals surface area contributed by atoms with Crippen LogP contribution in [0.3, 0.4) is 0 Å². The predicted octanol–water partition coefficient (Wildman–Crippen LogP) is 16.4. The number of thiocarbonyl (C=S) groups is 1. The number of carbonyl (C=O) groups excluding carboxylic acids is 1. The maximum absolute atomic E-state index is 13.8. The Labute approximate surface area is 417 Å². The Morgan fingerprint density at radius 2 is 1.01 bits per heavy atom. The molecule has 1 heterocycles. The van der Waals surface area contributed by atoms with Crippen LogP contribution < -0.4 is 14.2 Å². The average Bonchev–Trinajstić information content (AvgIpc) is 3.37. The molecule has 6 rings (SSSR count). The van der Waals surface area contributed by atoms with Crippen LogP contribution in [0.25, 0.3) is 21.9 Å². The Hall–Kier alpha value is -5.45. The van der Waals surface area contributed by atoms with Crippen LogP contribution in [-0.2, 0) is 22.0 Å². The van der Waals surface area contributed by atoms with Crippen molar-refractivity contribution in [2.75, 3.05) is 6.61 Å². The van der Waals surface area contributed by atoms with Crippen molar-refractivity contribution in [3.8, 4) is 34.4 Å². The van der Waals surface area contributed by atoms with E-state index in [4.69, 9.17) is 26.4 Å². The molecule has 0 aliphatic rings. The first kappa shape index (κ1) is 52.9. The molecule has 0 fully saturated rings. The number of hydrogen-bond acceptors (Lipinski definition) is 9. The second kappa shape index (κ2) is 28.9. The summed E-state index contributed by atoms with van der Waals surface area (Å²) >= 11 is 5.84. The van der Waals surface area contributed by atoms with Gasteiger partial charge in [0.15, 0.2) is 15.6 Å². The SMILES string of the molecule is CCCCCCCCCCCCOc1cnc(OC(=O)c2ccc(Oc3ccc(-c4ccc(S(=O)(=O)Cc5ccc(CC(=S)CCCCCCCCCCC)c6ccccc56)cc4)cc3)cc2)nc1. The average molecular weight is 969 g/mol. The molecule has 0 unspecified atom stereocenters. The van der Waals surface area contributed by atoms with Crippen molar-refractivity contribution in [2.24, 2.45) is 0 Å². The van der Waals surface area contributed by atoms with E-state index >= 15 is 0 Å². The van der Waals surface area contributed by atoms with Crippen LogP contribution in [0.1, 0.15) is 164 Å². The lowest BCUT2D eigenvalue weighted by atomic mass is 9.96. The largest absolute Gasteiger partial charge is 0.490 e. The highest BCUT2D eigenvalue weighted by Gasteiger charge is 2.19. The van der Waals surface area contributed by atoms with Gasteiger partial charge in [-0.15, -0.1) is 0 Å². The number of rotatable bonds is 32. The zero-order valence-electron chi connectivity index (χ0n) is 41.0. The van der Waals surface area contributed by atoms with Crippen molar-refractivity contribution < 1.29 is 27.4 Å². The fraction of sp³-hybridized carbons (Fsp3) is 0.424. The molecule has 0 spiro atoms. The predicted molar refractivity (Wildman–Crippen MR) is 286 cm³/mol. The maximum atomic E-state index is 13.8. The monoisotopic (exact) mass is 968 g/mol. The van der Waals surface area contributed by atoms with Crippen LogP contribution in [0.2, 0.25) is 0 Å². The Bertz CT molecular complexity index is 2580. The topological polar surface area (TPSA) is 105 Å².